The van der Waals surface area contributed by atoms with Crippen LogP contribution in [0.25, 0.3) is 0 Å². The molecule has 1 saturated heterocycles. The summed E-state index contributed by atoms with van der Waals surface area (Å²) in [6.45, 7) is 4.51. The van der Waals surface area contributed by atoms with Crippen LogP contribution in [0.15, 0.2) is 54.6 Å². The van der Waals surface area contributed by atoms with Crippen molar-refractivity contribution in [1.82, 2.24) is 4.90 Å². The molecule has 1 N–H and O–H groups in total. The Morgan fingerprint density at radius 2 is 1.77 bits per heavy atom. The molecule has 0 bridgehead atoms. The van der Waals surface area contributed by atoms with Crippen molar-refractivity contribution < 1.29 is 9.50 Å². The van der Waals surface area contributed by atoms with Gasteiger partial charge in [-0.15, -0.1) is 0 Å². The van der Waals surface area contributed by atoms with Crippen LogP contribution in [0.1, 0.15) is 24.0 Å². The minimum atomic E-state index is -0.365. The molecule has 2 unspecified atom stereocenters. The number of halogens is 1. The lowest BCUT2D eigenvalue weighted by Crippen LogP contribution is -2.25. The molecular formula is C19H22FNO. The van der Waals surface area contributed by atoms with Gasteiger partial charge >= 0.3 is 0 Å². The normalized spacial score (nSPS) is 23.6. The summed E-state index contributed by atoms with van der Waals surface area (Å²) in [5.74, 6) is 0.231. The third-order valence-corrected chi connectivity index (χ3v) is 4.61. The van der Waals surface area contributed by atoms with E-state index in [1.165, 1.54) is 17.7 Å². The highest BCUT2D eigenvalue weighted by atomic mass is 19.1. The third-order valence-electron chi connectivity index (χ3n) is 4.61. The molecule has 1 heterocycles. The minimum absolute atomic E-state index is 0.189. The maximum Gasteiger partial charge on any atom is 0.123 e. The van der Waals surface area contributed by atoms with E-state index in [9.17, 15) is 9.50 Å². The molecule has 22 heavy (non-hydrogen) atoms. The molecule has 3 rings (SSSR count). The number of benzene rings is 2. The van der Waals surface area contributed by atoms with Gasteiger partial charge in [0.05, 0.1) is 6.10 Å². The molecule has 2 aromatic carbocycles. The van der Waals surface area contributed by atoms with E-state index in [4.69, 9.17) is 0 Å². The number of aliphatic hydroxyl groups is 1. The van der Waals surface area contributed by atoms with Crippen molar-refractivity contribution in [2.75, 3.05) is 13.1 Å². The van der Waals surface area contributed by atoms with Crippen molar-refractivity contribution in [2.24, 2.45) is 5.92 Å². The van der Waals surface area contributed by atoms with Crippen LogP contribution in [0, 0.1) is 11.7 Å². The second-order valence-corrected chi connectivity index (χ2v) is 6.24. The summed E-state index contributed by atoms with van der Waals surface area (Å²) < 4.78 is 13.1. The Morgan fingerprint density at radius 1 is 1.09 bits per heavy atom. The quantitative estimate of drug-likeness (QED) is 0.935. The number of nitrogens with zero attached hydrogens (tertiary/aromatic N) is 1. The second kappa shape index (κ2) is 6.59. The SMILES string of the molecule is C[C@H](O)C1CN(Cc2ccccc2)CC1c1ccc(F)cc1. The Bertz CT molecular complexity index is 597. The van der Waals surface area contributed by atoms with Crippen molar-refractivity contribution in [1.29, 1.82) is 0 Å². The molecule has 3 atom stereocenters. The van der Waals surface area contributed by atoms with Gasteiger partial charge in [-0.3, -0.25) is 4.90 Å². The summed E-state index contributed by atoms with van der Waals surface area (Å²) in [5, 5.41) is 10.1. The summed E-state index contributed by atoms with van der Waals surface area (Å²) in [7, 11) is 0. The Morgan fingerprint density at radius 3 is 2.41 bits per heavy atom. The highest BCUT2D eigenvalue weighted by Crippen LogP contribution is 2.35. The Balaban J connectivity index is 1.76. The molecule has 2 nitrogen and oxygen atoms in total. The van der Waals surface area contributed by atoms with Gasteiger partial charge in [0, 0.05) is 31.5 Å². The lowest BCUT2D eigenvalue weighted by Gasteiger charge is -2.21. The van der Waals surface area contributed by atoms with Gasteiger partial charge in [-0.05, 0) is 30.2 Å². The maximum atomic E-state index is 13.1. The molecule has 2 aromatic rings. The van der Waals surface area contributed by atoms with E-state index in [1.54, 1.807) is 0 Å². The molecule has 0 saturated carbocycles. The average Bonchev–Trinajstić information content (AvgIpc) is 2.93. The number of hydrogen-bond donors (Lipinski definition) is 1. The van der Waals surface area contributed by atoms with Crippen LogP contribution in [-0.2, 0) is 6.54 Å². The first-order valence-corrected chi connectivity index (χ1v) is 7.83. The van der Waals surface area contributed by atoms with E-state index in [0.29, 0.717) is 0 Å². The van der Waals surface area contributed by atoms with Gasteiger partial charge in [0.1, 0.15) is 5.82 Å². The predicted octanol–water partition coefficient (Wildman–Crippen LogP) is 3.42. The fourth-order valence-electron chi connectivity index (χ4n) is 3.44. The highest BCUT2D eigenvalue weighted by molar-refractivity contribution is 5.24. The van der Waals surface area contributed by atoms with Crippen LogP contribution >= 0.6 is 0 Å². The summed E-state index contributed by atoms with van der Waals surface area (Å²) in [6.07, 6.45) is -0.365. The summed E-state index contributed by atoms with van der Waals surface area (Å²) in [4.78, 5) is 2.38. The van der Waals surface area contributed by atoms with E-state index in [0.717, 1.165) is 25.2 Å². The van der Waals surface area contributed by atoms with Crippen molar-refractivity contribution >= 4 is 0 Å². The van der Waals surface area contributed by atoms with Crippen LogP contribution in [0.2, 0.25) is 0 Å². The molecule has 0 radical (unpaired) electrons. The van der Waals surface area contributed by atoms with E-state index in [1.807, 2.05) is 25.1 Å². The van der Waals surface area contributed by atoms with Gasteiger partial charge in [0.25, 0.3) is 0 Å². The van der Waals surface area contributed by atoms with Crippen LogP contribution in [0.4, 0.5) is 4.39 Å². The second-order valence-electron chi connectivity index (χ2n) is 6.24. The molecule has 0 aliphatic carbocycles. The Labute approximate surface area is 131 Å². The molecule has 116 valence electrons. The van der Waals surface area contributed by atoms with Crippen molar-refractivity contribution in [2.45, 2.75) is 25.5 Å². The van der Waals surface area contributed by atoms with E-state index < -0.39 is 0 Å². The van der Waals surface area contributed by atoms with Crippen LogP contribution in [-0.4, -0.2) is 29.2 Å². The fourth-order valence-corrected chi connectivity index (χ4v) is 3.44. The molecule has 1 fully saturated rings. The monoisotopic (exact) mass is 299 g/mol. The van der Waals surface area contributed by atoms with Gasteiger partial charge in [0.15, 0.2) is 0 Å². The average molecular weight is 299 g/mol. The lowest BCUT2D eigenvalue weighted by atomic mass is 9.86. The third kappa shape index (κ3) is 3.37. The number of rotatable bonds is 4. The minimum Gasteiger partial charge on any atom is -0.393 e. The Kier molecular flexibility index (Phi) is 4.55. The van der Waals surface area contributed by atoms with Gasteiger partial charge in [-0.25, -0.2) is 4.39 Å². The zero-order valence-corrected chi connectivity index (χ0v) is 12.8. The Hall–Kier alpha value is -1.71. The number of likely N-dealkylation sites (tertiary alicyclic amines) is 1. The largest absolute Gasteiger partial charge is 0.393 e. The topological polar surface area (TPSA) is 23.5 Å². The molecule has 0 aromatic heterocycles. The zero-order valence-electron chi connectivity index (χ0n) is 12.8. The highest BCUT2D eigenvalue weighted by Gasteiger charge is 2.36. The first-order valence-electron chi connectivity index (χ1n) is 7.83. The van der Waals surface area contributed by atoms with Crippen LogP contribution < -0.4 is 0 Å². The molecular weight excluding hydrogens is 277 g/mol. The first kappa shape index (κ1) is 15.2. The fraction of sp³-hybridized carbons (Fsp3) is 0.368. The van der Waals surface area contributed by atoms with Crippen molar-refractivity contribution in [3.8, 4) is 0 Å². The van der Waals surface area contributed by atoms with Gasteiger partial charge in [0.2, 0.25) is 0 Å². The van der Waals surface area contributed by atoms with Crippen LogP contribution in [0.5, 0.6) is 0 Å². The maximum absolute atomic E-state index is 13.1. The summed E-state index contributed by atoms with van der Waals surface area (Å²) in [5.41, 5.74) is 2.40. The first-order chi connectivity index (χ1) is 10.6. The molecule has 0 spiro atoms. The molecule has 1 aliphatic heterocycles. The number of hydrogen-bond acceptors (Lipinski definition) is 2. The van der Waals surface area contributed by atoms with Gasteiger partial charge < -0.3 is 5.11 Å². The molecule has 0 amide bonds. The summed E-state index contributed by atoms with van der Waals surface area (Å²) >= 11 is 0. The zero-order chi connectivity index (χ0) is 15.5. The smallest absolute Gasteiger partial charge is 0.123 e. The van der Waals surface area contributed by atoms with Crippen molar-refractivity contribution in [3.05, 3.63) is 71.5 Å². The summed E-state index contributed by atoms with van der Waals surface area (Å²) in [6, 6.07) is 17.1. The lowest BCUT2D eigenvalue weighted by molar-refractivity contribution is 0.120. The number of aliphatic hydroxyl groups excluding tert-OH is 1. The van der Waals surface area contributed by atoms with Crippen molar-refractivity contribution in [3.63, 3.8) is 0 Å². The molecule has 1 aliphatic rings. The van der Waals surface area contributed by atoms with Gasteiger partial charge in [-0.1, -0.05) is 42.5 Å². The standard InChI is InChI=1S/C19H22FNO/c1-14(22)18-12-21(11-15-5-3-2-4-6-15)13-19(18)16-7-9-17(20)10-8-16/h2-10,14,18-19,22H,11-13H2,1H3/t14-,18?,19?/m0/s1. The van der Waals surface area contributed by atoms with E-state index in [2.05, 4.69) is 29.2 Å². The van der Waals surface area contributed by atoms with E-state index in [-0.39, 0.29) is 23.8 Å². The van der Waals surface area contributed by atoms with Gasteiger partial charge in [-0.2, -0.15) is 0 Å². The van der Waals surface area contributed by atoms with Crippen LogP contribution in [0.3, 0.4) is 0 Å². The van der Waals surface area contributed by atoms with E-state index >= 15 is 0 Å². The predicted molar refractivity (Wildman–Crippen MR) is 86.0 cm³/mol. The molecule has 3 heteroatoms.